The zero-order valence-corrected chi connectivity index (χ0v) is 13.9. The third-order valence-corrected chi connectivity index (χ3v) is 6.46. The van der Waals surface area contributed by atoms with E-state index in [-0.39, 0.29) is 23.0 Å². The van der Waals surface area contributed by atoms with Crippen LogP contribution in [0.15, 0.2) is 12.2 Å². The number of aliphatic hydroxyl groups is 1. The molecular formula is C18H28O4. The molecule has 0 heterocycles. The number of fused-ring (bicyclic) bond motifs is 1. The summed E-state index contributed by atoms with van der Waals surface area (Å²) >= 11 is 0. The summed E-state index contributed by atoms with van der Waals surface area (Å²) in [7, 11) is 0. The Hall–Kier alpha value is -1.16. The van der Waals surface area contributed by atoms with E-state index in [4.69, 9.17) is 0 Å². The highest BCUT2D eigenvalue weighted by molar-refractivity contribution is 5.76. The van der Waals surface area contributed by atoms with Crippen LogP contribution in [0.5, 0.6) is 0 Å². The number of carboxylic acid groups (broad SMARTS) is 1. The van der Waals surface area contributed by atoms with E-state index in [1.807, 2.05) is 0 Å². The molecule has 2 aliphatic carbocycles. The molecule has 2 fully saturated rings. The number of rotatable bonds is 4. The molecule has 22 heavy (non-hydrogen) atoms. The van der Waals surface area contributed by atoms with E-state index in [1.165, 1.54) is 0 Å². The molecule has 0 bridgehead atoms. The average Bonchev–Trinajstić information content (AvgIpc) is 2.42. The van der Waals surface area contributed by atoms with Gasteiger partial charge in [0.2, 0.25) is 0 Å². The van der Waals surface area contributed by atoms with Crippen molar-refractivity contribution in [3.05, 3.63) is 12.2 Å². The van der Waals surface area contributed by atoms with Crippen molar-refractivity contribution in [3.8, 4) is 0 Å². The third-order valence-electron chi connectivity index (χ3n) is 6.46. The number of hydrogen-bond donors (Lipinski definition) is 2. The Morgan fingerprint density at radius 3 is 2.50 bits per heavy atom. The Kier molecular flexibility index (Phi) is 4.54. The minimum Gasteiger partial charge on any atom is -0.481 e. The summed E-state index contributed by atoms with van der Waals surface area (Å²) in [6.45, 7) is 9.63. The van der Waals surface area contributed by atoms with Crippen LogP contribution in [0.25, 0.3) is 0 Å². The fraction of sp³-hybridized carbons (Fsp3) is 0.778. The second kappa shape index (κ2) is 5.80. The number of hydrogen-bond acceptors (Lipinski definition) is 3. The molecule has 2 aliphatic rings. The molecule has 0 aromatic carbocycles. The molecule has 0 radical (unpaired) electrons. The quantitative estimate of drug-likeness (QED) is 0.782. The Morgan fingerprint density at radius 1 is 1.32 bits per heavy atom. The van der Waals surface area contributed by atoms with Crippen LogP contribution in [-0.2, 0) is 9.59 Å². The highest BCUT2D eigenvalue weighted by Gasteiger charge is 2.60. The molecule has 2 saturated carbocycles. The molecule has 0 aromatic rings. The number of ketones is 1. The van der Waals surface area contributed by atoms with E-state index in [0.717, 1.165) is 31.3 Å². The fourth-order valence-electron chi connectivity index (χ4n) is 5.03. The van der Waals surface area contributed by atoms with Crippen molar-refractivity contribution in [2.24, 2.45) is 22.7 Å². The predicted molar refractivity (Wildman–Crippen MR) is 84.4 cm³/mol. The topological polar surface area (TPSA) is 74.6 Å². The molecule has 4 nitrogen and oxygen atoms in total. The first-order valence-corrected chi connectivity index (χ1v) is 8.22. The largest absolute Gasteiger partial charge is 0.481 e. The second-order valence-corrected chi connectivity index (χ2v) is 7.69. The van der Waals surface area contributed by atoms with Crippen molar-refractivity contribution in [2.75, 3.05) is 0 Å². The smallest absolute Gasteiger partial charge is 0.312 e. The summed E-state index contributed by atoms with van der Waals surface area (Å²) in [4.78, 5) is 23.3. The molecule has 2 rings (SSSR count). The van der Waals surface area contributed by atoms with Gasteiger partial charge in [-0.15, -0.1) is 0 Å². The van der Waals surface area contributed by atoms with Gasteiger partial charge in [-0.25, -0.2) is 0 Å². The van der Waals surface area contributed by atoms with Gasteiger partial charge in [-0.1, -0.05) is 19.1 Å². The van der Waals surface area contributed by atoms with Crippen LogP contribution in [0.3, 0.4) is 0 Å². The number of carbonyl (C=O) groups excluding carboxylic acids is 1. The Bertz CT molecular complexity index is 497. The van der Waals surface area contributed by atoms with Gasteiger partial charge >= 0.3 is 5.97 Å². The zero-order chi connectivity index (χ0) is 16.7. The lowest BCUT2D eigenvalue weighted by Gasteiger charge is -2.58. The summed E-state index contributed by atoms with van der Waals surface area (Å²) in [5.41, 5.74) is -0.164. The number of allylic oxidation sites excluding steroid dienone is 1. The van der Waals surface area contributed by atoms with Crippen LogP contribution in [0.2, 0.25) is 0 Å². The van der Waals surface area contributed by atoms with E-state index in [1.54, 1.807) is 13.8 Å². The lowest BCUT2D eigenvalue weighted by atomic mass is 9.46. The molecule has 5 atom stereocenters. The van der Waals surface area contributed by atoms with Crippen LogP contribution in [0.1, 0.15) is 59.3 Å². The zero-order valence-electron chi connectivity index (χ0n) is 13.9. The molecule has 0 amide bonds. The van der Waals surface area contributed by atoms with Gasteiger partial charge in [-0.2, -0.15) is 0 Å². The molecular weight excluding hydrogens is 280 g/mol. The van der Waals surface area contributed by atoms with E-state index >= 15 is 0 Å². The minimum atomic E-state index is -1.11. The number of carboxylic acids is 1. The first kappa shape index (κ1) is 17.2. The Morgan fingerprint density at radius 2 is 1.95 bits per heavy atom. The summed E-state index contributed by atoms with van der Waals surface area (Å²) in [6.07, 6.45) is 3.29. The molecule has 0 spiro atoms. The van der Waals surface area contributed by atoms with Crippen LogP contribution < -0.4 is 0 Å². The van der Waals surface area contributed by atoms with E-state index in [0.29, 0.717) is 12.8 Å². The summed E-state index contributed by atoms with van der Waals surface area (Å²) in [5.74, 6) is -0.658. The maximum Gasteiger partial charge on any atom is 0.312 e. The van der Waals surface area contributed by atoms with Crippen molar-refractivity contribution < 1.29 is 19.8 Å². The van der Waals surface area contributed by atoms with Crippen LogP contribution in [0, 0.1) is 22.7 Å². The van der Waals surface area contributed by atoms with Gasteiger partial charge < -0.3 is 15.0 Å². The average molecular weight is 308 g/mol. The second-order valence-electron chi connectivity index (χ2n) is 7.69. The summed E-state index contributed by atoms with van der Waals surface area (Å²) < 4.78 is 0. The van der Waals surface area contributed by atoms with Crippen molar-refractivity contribution >= 4 is 11.8 Å². The SMILES string of the molecule is C=C1CCC2C(C)(CCC(O)C2(C)C(=O)O)C1CCC(C)=O. The molecule has 0 saturated heterocycles. The van der Waals surface area contributed by atoms with Gasteiger partial charge in [0.05, 0.1) is 11.5 Å². The molecule has 5 unspecified atom stereocenters. The van der Waals surface area contributed by atoms with Crippen molar-refractivity contribution in [2.45, 2.75) is 65.4 Å². The molecule has 2 N–H and O–H groups in total. The van der Waals surface area contributed by atoms with Gasteiger partial charge in [-0.05, 0) is 63.2 Å². The number of aliphatic hydroxyl groups excluding tert-OH is 1. The molecule has 124 valence electrons. The molecule has 0 aliphatic heterocycles. The lowest BCUT2D eigenvalue weighted by molar-refractivity contribution is -0.183. The number of aliphatic carboxylic acids is 1. The Labute approximate surface area is 132 Å². The third kappa shape index (κ3) is 2.51. The highest BCUT2D eigenvalue weighted by atomic mass is 16.4. The summed E-state index contributed by atoms with van der Waals surface area (Å²) in [6, 6.07) is 0. The van der Waals surface area contributed by atoms with Gasteiger partial charge in [0.25, 0.3) is 0 Å². The van der Waals surface area contributed by atoms with Crippen molar-refractivity contribution in [3.63, 3.8) is 0 Å². The molecule has 0 aromatic heterocycles. The number of carbonyl (C=O) groups is 2. The van der Waals surface area contributed by atoms with Gasteiger partial charge in [-0.3, -0.25) is 4.79 Å². The Balaban J connectivity index is 2.38. The first-order valence-electron chi connectivity index (χ1n) is 8.22. The predicted octanol–water partition coefficient (Wildman–Crippen LogP) is 3.19. The monoisotopic (exact) mass is 308 g/mol. The van der Waals surface area contributed by atoms with Gasteiger partial charge in [0, 0.05) is 6.42 Å². The van der Waals surface area contributed by atoms with Crippen LogP contribution >= 0.6 is 0 Å². The van der Waals surface area contributed by atoms with Crippen molar-refractivity contribution in [1.82, 2.24) is 0 Å². The minimum absolute atomic E-state index is 0.0799. The van der Waals surface area contributed by atoms with E-state index in [9.17, 15) is 19.8 Å². The maximum absolute atomic E-state index is 11.9. The standard InChI is InChI=1S/C18H28O4/c1-11-5-8-14-17(3,13(11)7-6-12(2)19)10-9-15(20)18(14,4)16(21)22/h13-15,20H,1,5-10H2,2-4H3,(H,21,22). The van der Waals surface area contributed by atoms with E-state index in [2.05, 4.69) is 13.5 Å². The van der Waals surface area contributed by atoms with Crippen LogP contribution in [0.4, 0.5) is 0 Å². The first-order chi connectivity index (χ1) is 10.1. The molecule has 4 heteroatoms. The highest BCUT2D eigenvalue weighted by Crippen LogP contribution is 2.61. The van der Waals surface area contributed by atoms with Crippen molar-refractivity contribution in [1.29, 1.82) is 0 Å². The summed E-state index contributed by atoms with van der Waals surface area (Å²) in [5, 5.41) is 20.1. The van der Waals surface area contributed by atoms with Crippen LogP contribution in [-0.4, -0.2) is 28.1 Å². The fourth-order valence-corrected chi connectivity index (χ4v) is 5.03. The van der Waals surface area contributed by atoms with E-state index < -0.39 is 17.5 Å². The number of Topliss-reactive ketones (excluding diaryl/α,β-unsaturated/α-hetero) is 1. The maximum atomic E-state index is 11.9. The normalized spacial score (nSPS) is 41.8. The lowest BCUT2D eigenvalue weighted by Crippen LogP contribution is -2.59. The van der Waals surface area contributed by atoms with Gasteiger partial charge in [0.15, 0.2) is 0 Å². The van der Waals surface area contributed by atoms with Gasteiger partial charge in [0.1, 0.15) is 5.78 Å².